The van der Waals surface area contributed by atoms with Gasteiger partial charge in [-0.1, -0.05) is 30.3 Å². The molecule has 3 N–H and O–H groups in total. The molecule has 1 aliphatic rings. The maximum absolute atomic E-state index is 11.9. The molecule has 1 atom stereocenters. The molecule has 146 valence electrons. The molecule has 0 saturated carbocycles. The lowest BCUT2D eigenvalue weighted by molar-refractivity contribution is -0.139. The lowest BCUT2D eigenvalue weighted by Gasteiger charge is -2.36. The number of hydrogen-bond acceptors (Lipinski definition) is 7. The molecule has 0 bridgehead atoms. The van der Waals surface area contributed by atoms with E-state index in [1.165, 1.54) is 0 Å². The normalized spacial score (nSPS) is 16.3. The Bertz CT molecular complexity index is 841. The van der Waals surface area contributed by atoms with Crippen molar-refractivity contribution in [3.05, 3.63) is 35.9 Å². The minimum Gasteiger partial charge on any atom is -0.445 e. The Morgan fingerprint density at radius 1 is 1.22 bits per heavy atom. The monoisotopic (exact) mass is 398 g/mol. The number of rotatable bonds is 7. The van der Waals surface area contributed by atoms with Crippen molar-refractivity contribution in [3.8, 4) is 0 Å². The minimum absolute atomic E-state index is 0.0118. The summed E-state index contributed by atoms with van der Waals surface area (Å²) in [5, 5.41) is 2.28. The van der Waals surface area contributed by atoms with Crippen LogP contribution in [0, 0.1) is 0 Å². The summed E-state index contributed by atoms with van der Waals surface area (Å²) < 4.78 is 31.5. The van der Waals surface area contributed by atoms with Gasteiger partial charge in [0.1, 0.15) is 18.4 Å². The summed E-state index contributed by atoms with van der Waals surface area (Å²) >= 11 is 0. The maximum atomic E-state index is 11.9. The van der Waals surface area contributed by atoms with Crippen molar-refractivity contribution < 1.29 is 32.3 Å². The highest BCUT2D eigenvalue weighted by Crippen LogP contribution is 2.11. The van der Waals surface area contributed by atoms with E-state index in [-0.39, 0.29) is 13.2 Å². The van der Waals surface area contributed by atoms with E-state index in [0.717, 1.165) is 12.5 Å². The minimum atomic E-state index is -4.28. The van der Waals surface area contributed by atoms with Crippen LogP contribution in [0.25, 0.3) is 0 Å². The fraction of sp³-hybridized carbons (Fsp3) is 0.333. The van der Waals surface area contributed by atoms with Crippen molar-refractivity contribution in [2.75, 3.05) is 13.1 Å². The molecule has 0 radical (unpaired) electrons. The third-order valence-electron chi connectivity index (χ3n) is 3.41. The number of imide groups is 1. The highest BCUT2D eigenvalue weighted by molar-refractivity contribution is 7.88. The number of likely N-dealkylation sites (tertiary alicyclic amines) is 1. The molecule has 0 aromatic heterocycles. The van der Waals surface area contributed by atoms with E-state index in [1.807, 2.05) is 10.8 Å². The molecule has 1 fully saturated rings. The number of ketones is 1. The fourth-order valence-corrected chi connectivity index (χ4v) is 2.83. The second-order valence-corrected chi connectivity index (χ2v) is 7.14. The van der Waals surface area contributed by atoms with Gasteiger partial charge in [0.2, 0.25) is 0 Å². The van der Waals surface area contributed by atoms with Crippen molar-refractivity contribution in [2.45, 2.75) is 19.6 Å². The van der Waals surface area contributed by atoms with E-state index in [4.69, 9.17) is 4.74 Å². The summed E-state index contributed by atoms with van der Waals surface area (Å²) in [6.07, 6.45) is -0.840. The third kappa shape index (κ3) is 6.04. The summed E-state index contributed by atoms with van der Waals surface area (Å²) in [7, 11) is -4.28. The molecule has 0 unspecified atom stereocenters. The van der Waals surface area contributed by atoms with Crippen molar-refractivity contribution in [1.82, 2.24) is 19.7 Å². The maximum Gasteiger partial charge on any atom is 0.408 e. The van der Waals surface area contributed by atoms with Gasteiger partial charge in [0.15, 0.2) is 0 Å². The number of hydrogen-bond donors (Lipinski definition) is 3. The second kappa shape index (κ2) is 8.60. The van der Waals surface area contributed by atoms with E-state index >= 15 is 0 Å². The number of nitrogens with one attached hydrogen (secondary N) is 3. The number of amides is 4. The van der Waals surface area contributed by atoms with Gasteiger partial charge in [0, 0.05) is 0 Å². The topological polar surface area (TPSA) is 151 Å². The molecule has 11 nitrogen and oxygen atoms in total. The number of carbonyl (C=O) groups excluding carboxylic acids is 4. The molecule has 27 heavy (non-hydrogen) atoms. The van der Waals surface area contributed by atoms with E-state index in [0.29, 0.717) is 4.90 Å². The predicted molar refractivity (Wildman–Crippen MR) is 91.4 cm³/mol. The number of nitrogens with zero attached hydrogens (tertiary/aromatic N) is 1. The van der Waals surface area contributed by atoms with Crippen LogP contribution in [0.15, 0.2) is 30.3 Å². The fourth-order valence-electron chi connectivity index (χ4n) is 2.03. The number of Topliss-reactive ketones (excluding diaryl/α,β-unsaturated/α-hetero) is 1. The third-order valence-corrected chi connectivity index (χ3v) is 4.38. The molecule has 12 heteroatoms. The van der Waals surface area contributed by atoms with Gasteiger partial charge in [-0.3, -0.25) is 14.5 Å². The number of ether oxygens (including phenoxy) is 1. The summed E-state index contributed by atoms with van der Waals surface area (Å²) in [6.45, 7) is 0.468. The Morgan fingerprint density at radius 3 is 2.48 bits per heavy atom. The van der Waals surface area contributed by atoms with Gasteiger partial charge in [-0.05, 0) is 12.5 Å². The average molecular weight is 398 g/mol. The summed E-state index contributed by atoms with van der Waals surface area (Å²) in [4.78, 5) is 46.7. The van der Waals surface area contributed by atoms with Gasteiger partial charge in [-0.2, -0.15) is 13.1 Å². The van der Waals surface area contributed by atoms with Gasteiger partial charge >= 0.3 is 22.3 Å². The molecule has 2 rings (SSSR count). The van der Waals surface area contributed by atoms with Crippen LogP contribution in [0.1, 0.15) is 12.5 Å². The molecule has 1 heterocycles. The molecule has 0 aliphatic carbocycles. The molecule has 1 saturated heterocycles. The highest BCUT2D eigenvalue weighted by Gasteiger charge is 2.43. The van der Waals surface area contributed by atoms with Gasteiger partial charge < -0.3 is 10.1 Å². The van der Waals surface area contributed by atoms with Crippen LogP contribution < -0.4 is 14.8 Å². The van der Waals surface area contributed by atoms with Crippen LogP contribution in [0.3, 0.4) is 0 Å². The van der Waals surface area contributed by atoms with Crippen LogP contribution in [-0.2, 0) is 31.1 Å². The van der Waals surface area contributed by atoms with Gasteiger partial charge in [0.25, 0.3) is 5.91 Å². The summed E-state index contributed by atoms with van der Waals surface area (Å²) in [5.41, 5.74) is 0.761. The van der Waals surface area contributed by atoms with Crippen LogP contribution in [0.2, 0.25) is 0 Å². The summed E-state index contributed by atoms with van der Waals surface area (Å²) in [5.74, 6) is -1.24. The Morgan fingerprint density at radius 2 is 1.89 bits per heavy atom. The molecular weight excluding hydrogens is 380 g/mol. The smallest absolute Gasteiger partial charge is 0.408 e. The molecule has 1 aromatic rings. The van der Waals surface area contributed by atoms with Gasteiger partial charge in [-0.25, -0.2) is 14.3 Å². The number of benzene rings is 1. The number of alkyl carbamates (subject to hydrolysis) is 1. The average Bonchev–Trinajstić information content (AvgIpc) is 2.61. The van der Waals surface area contributed by atoms with Crippen LogP contribution >= 0.6 is 0 Å². The molecule has 1 aromatic carbocycles. The number of urea groups is 1. The lowest BCUT2D eigenvalue weighted by atomic mass is 10.1. The molecule has 4 amide bonds. The zero-order chi connectivity index (χ0) is 20.0. The van der Waals surface area contributed by atoms with E-state index < -0.39 is 46.6 Å². The standard InChI is InChI=1S/C15H18N4O7S/c1-10(20)7-16-27(24,25)18-14(22)19-8-12(13(19)21)17-15(23)26-9-11-5-3-2-4-6-11/h2-6,12,16H,7-9H2,1H3,(H,17,23)(H,18,22)/t12-/m0/s1. The summed E-state index contributed by atoms with van der Waals surface area (Å²) in [6, 6.07) is 6.71. The first-order valence-electron chi connectivity index (χ1n) is 7.77. The van der Waals surface area contributed by atoms with E-state index in [2.05, 4.69) is 5.32 Å². The van der Waals surface area contributed by atoms with Gasteiger partial charge in [0.05, 0.1) is 13.1 Å². The van der Waals surface area contributed by atoms with Crippen LogP contribution in [0.5, 0.6) is 0 Å². The second-order valence-electron chi connectivity index (χ2n) is 5.64. The quantitative estimate of drug-likeness (QED) is 0.512. The van der Waals surface area contributed by atoms with Crippen molar-refractivity contribution >= 4 is 34.0 Å². The number of β-lactam (4-membered cyclic amide) rings is 1. The van der Waals surface area contributed by atoms with Crippen molar-refractivity contribution in [2.24, 2.45) is 0 Å². The first-order valence-corrected chi connectivity index (χ1v) is 9.25. The highest BCUT2D eigenvalue weighted by atomic mass is 32.2. The molecule has 1 aliphatic heterocycles. The Hall–Kier alpha value is -2.99. The van der Waals surface area contributed by atoms with Crippen LogP contribution in [0.4, 0.5) is 9.59 Å². The Balaban J connectivity index is 1.76. The first kappa shape index (κ1) is 20.3. The van der Waals surface area contributed by atoms with E-state index in [1.54, 1.807) is 29.0 Å². The predicted octanol–water partition coefficient (Wildman–Crippen LogP) is -0.743. The first-order chi connectivity index (χ1) is 12.7. The zero-order valence-electron chi connectivity index (χ0n) is 14.3. The largest absolute Gasteiger partial charge is 0.445 e. The SMILES string of the molecule is CC(=O)CNS(=O)(=O)NC(=O)N1C[C@H](NC(=O)OCc2ccccc2)C1=O. The Kier molecular flexibility index (Phi) is 6.47. The van der Waals surface area contributed by atoms with Crippen molar-refractivity contribution in [3.63, 3.8) is 0 Å². The zero-order valence-corrected chi connectivity index (χ0v) is 15.1. The molecular formula is C15H18N4O7S. The number of carbonyl (C=O) groups is 4. The van der Waals surface area contributed by atoms with E-state index in [9.17, 15) is 27.6 Å². The Labute approximate surface area is 155 Å². The lowest BCUT2D eigenvalue weighted by Crippen LogP contribution is -2.67. The van der Waals surface area contributed by atoms with Crippen LogP contribution in [-0.4, -0.2) is 56.3 Å². The van der Waals surface area contributed by atoms with Gasteiger partial charge in [-0.15, -0.1) is 0 Å². The van der Waals surface area contributed by atoms with Crippen molar-refractivity contribution in [1.29, 1.82) is 0 Å². The molecule has 0 spiro atoms.